The number of methoxy groups -OCH3 is 2. The summed E-state index contributed by atoms with van der Waals surface area (Å²) in [5, 5.41) is 0. The SMILES string of the molecule is COc1ccc(C(=O)COC(=O)CN2C(=O)[C@H]3CC=CC[C@H]3C2=O)cc1OC. The van der Waals surface area contributed by atoms with Gasteiger partial charge in [-0.15, -0.1) is 0 Å². The number of allylic oxidation sites excluding steroid dienone is 2. The van der Waals surface area contributed by atoms with E-state index in [9.17, 15) is 19.2 Å². The van der Waals surface area contributed by atoms with E-state index in [4.69, 9.17) is 14.2 Å². The van der Waals surface area contributed by atoms with Crippen molar-refractivity contribution in [2.75, 3.05) is 27.4 Å². The summed E-state index contributed by atoms with van der Waals surface area (Å²) >= 11 is 0. The average molecular weight is 387 g/mol. The lowest BCUT2D eigenvalue weighted by atomic mass is 9.85. The third kappa shape index (κ3) is 3.76. The highest BCUT2D eigenvalue weighted by Gasteiger charge is 2.47. The first-order chi connectivity index (χ1) is 13.5. The molecule has 28 heavy (non-hydrogen) atoms. The summed E-state index contributed by atoms with van der Waals surface area (Å²) < 4.78 is 15.2. The maximum absolute atomic E-state index is 12.3. The summed E-state index contributed by atoms with van der Waals surface area (Å²) in [6, 6.07) is 4.59. The normalized spacial score (nSPS) is 20.7. The molecule has 1 heterocycles. The Balaban J connectivity index is 1.56. The van der Waals surface area contributed by atoms with Gasteiger partial charge in [0, 0.05) is 5.56 Å². The largest absolute Gasteiger partial charge is 0.493 e. The Morgan fingerprint density at radius 2 is 1.61 bits per heavy atom. The fourth-order valence-corrected chi connectivity index (χ4v) is 3.44. The summed E-state index contributed by atoms with van der Waals surface area (Å²) in [5.41, 5.74) is 0.288. The number of fused-ring (bicyclic) bond motifs is 1. The molecule has 1 aliphatic carbocycles. The molecule has 2 aliphatic rings. The zero-order valence-corrected chi connectivity index (χ0v) is 15.7. The van der Waals surface area contributed by atoms with Crippen molar-refractivity contribution in [1.82, 2.24) is 4.90 Å². The predicted octanol–water partition coefficient (Wildman–Crippen LogP) is 1.38. The zero-order valence-electron chi connectivity index (χ0n) is 15.7. The van der Waals surface area contributed by atoms with Crippen molar-refractivity contribution in [3.05, 3.63) is 35.9 Å². The van der Waals surface area contributed by atoms with Crippen molar-refractivity contribution < 1.29 is 33.4 Å². The molecule has 1 aromatic carbocycles. The summed E-state index contributed by atoms with van der Waals surface area (Å²) in [6.45, 7) is -0.983. The van der Waals surface area contributed by atoms with Crippen LogP contribution in [0.15, 0.2) is 30.4 Å². The molecule has 3 rings (SSSR count). The average Bonchev–Trinajstić information content (AvgIpc) is 2.96. The van der Waals surface area contributed by atoms with E-state index in [1.807, 2.05) is 12.2 Å². The monoisotopic (exact) mass is 387 g/mol. The molecule has 1 saturated heterocycles. The topological polar surface area (TPSA) is 99.2 Å². The number of ether oxygens (including phenoxy) is 3. The van der Waals surface area contributed by atoms with Gasteiger partial charge in [0.1, 0.15) is 6.54 Å². The maximum Gasteiger partial charge on any atom is 0.326 e. The molecule has 0 unspecified atom stereocenters. The summed E-state index contributed by atoms with van der Waals surface area (Å²) in [5.74, 6) is -1.92. The van der Waals surface area contributed by atoms with Gasteiger partial charge in [0.05, 0.1) is 26.1 Å². The Morgan fingerprint density at radius 1 is 1.00 bits per heavy atom. The number of amides is 2. The highest BCUT2D eigenvalue weighted by Crippen LogP contribution is 2.34. The van der Waals surface area contributed by atoms with E-state index in [1.54, 1.807) is 6.07 Å². The minimum atomic E-state index is -0.804. The molecule has 1 fully saturated rings. The number of carbonyl (C=O) groups excluding carboxylic acids is 4. The molecule has 148 valence electrons. The van der Waals surface area contributed by atoms with Gasteiger partial charge in [-0.1, -0.05) is 12.2 Å². The second-order valence-electron chi connectivity index (χ2n) is 6.57. The third-order valence-corrected chi connectivity index (χ3v) is 4.96. The number of carbonyl (C=O) groups is 4. The molecule has 8 nitrogen and oxygen atoms in total. The van der Waals surface area contributed by atoms with Crippen LogP contribution in [0.4, 0.5) is 0 Å². The van der Waals surface area contributed by atoms with Crippen molar-refractivity contribution >= 4 is 23.6 Å². The van der Waals surface area contributed by atoms with Gasteiger partial charge < -0.3 is 14.2 Å². The lowest BCUT2D eigenvalue weighted by molar-refractivity contribution is -0.152. The fourth-order valence-electron chi connectivity index (χ4n) is 3.44. The first-order valence-corrected chi connectivity index (χ1v) is 8.87. The standard InChI is InChI=1S/C20H21NO7/c1-26-16-8-7-12(9-17(16)27-2)15(22)11-28-18(23)10-21-19(24)13-5-3-4-6-14(13)20(21)25/h3-4,7-9,13-14H,5-6,10-11H2,1-2H3/t13-,14+. The van der Waals surface area contributed by atoms with Crippen LogP contribution in [0.5, 0.6) is 11.5 Å². The second-order valence-corrected chi connectivity index (χ2v) is 6.57. The minimum Gasteiger partial charge on any atom is -0.493 e. The van der Waals surface area contributed by atoms with Gasteiger partial charge in [-0.25, -0.2) is 0 Å². The molecule has 0 N–H and O–H groups in total. The molecular formula is C20H21NO7. The molecule has 0 spiro atoms. The molecule has 2 amide bonds. The molecule has 8 heteroatoms. The van der Waals surface area contributed by atoms with Crippen molar-refractivity contribution in [3.8, 4) is 11.5 Å². The van der Waals surface area contributed by atoms with Crippen LogP contribution in [0.3, 0.4) is 0 Å². The maximum atomic E-state index is 12.3. The van der Waals surface area contributed by atoms with Gasteiger partial charge >= 0.3 is 5.97 Å². The number of esters is 1. The Morgan fingerprint density at radius 3 is 2.18 bits per heavy atom. The van der Waals surface area contributed by atoms with E-state index in [1.165, 1.54) is 26.4 Å². The lowest BCUT2D eigenvalue weighted by Gasteiger charge is -2.14. The second kappa shape index (κ2) is 8.24. The van der Waals surface area contributed by atoms with E-state index in [0.717, 1.165) is 4.90 Å². The number of benzene rings is 1. The molecule has 0 radical (unpaired) electrons. The van der Waals surface area contributed by atoms with Crippen molar-refractivity contribution in [3.63, 3.8) is 0 Å². The molecule has 0 saturated carbocycles. The molecule has 0 bridgehead atoms. The zero-order chi connectivity index (χ0) is 20.3. The van der Waals surface area contributed by atoms with Gasteiger partial charge in [0.25, 0.3) is 0 Å². The van der Waals surface area contributed by atoms with Gasteiger partial charge in [-0.05, 0) is 31.0 Å². The summed E-state index contributed by atoms with van der Waals surface area (Å²) in [6.07, 6.45) is 4.74. The molecular weight excluding hydrogens is 366 g/mol. The van der Waals surface area contributed by atoms with Crippen LogP contribution < -0.4 is 9.47 Å². The summed E-state index contributed by atoms with van der Waals surface area (Å²) in [7, 11) is 2.93. The van der Waals surface area contributed by atoms with Crippen LogP contribution in [0.1, 0.15) is 23.2 Å². The van der Waals surface area contributed by atoms with Crippen LogP contribution in [0.25, 0.3) is 0 Å². The Bertz CT molecular complexity index is 819. The molecule has 1 aliphatic heterocycles. The van der Waals surface area contributed by atoms with Gasteiger partial charge in [-0.3, -0.25) is 24.1 Å². The number of hydrogen-bond donors (Lipinski definition) is 0. The minimum absolute atomic E-state index is 0.288. The van der Waals surface area contributed by atoms with Gasteiger partial charge in [0.15, 0.2) is 23.9 Å². The number of nitrogens with zero attached hydrogens (tertiary/aromatic N) is 1. The summed E-state index contributed by atoms with van der Waals surface area (Å²) in [4.78, 5) is 50.0. The first-order valence-electron chi connectivity index (χ1n) is 8.87. The highest BCUT2D eigenvalue weighted by atomic mass is 16.5. The van der Waals surface area contributed by atoms with Gasteiger partial charge in [-0.2, -0.15) is 0 Å². The van der Waals surface area contributed by atoms with Crippen LogP contribution in [0, 0.1) is 11.8 Å². The molecule has 1 aromatic rings. The number of imide groups is 1. The van der Waals surface area contributed by atoms with E-state index < -0.39 is 36.7 Å². The lowest BCUT2D eigenvalue weighted by Crippen LogP contribution is -2.37. The number of rotatable bonds is 7. The molecule has 2 atom stereocenters. The first kappa shape index (κ1) is 19.6. The van der Waals surface area contributed by atoms with Crippen LogP contribution in [-0.4, -0.2) is 55.8 Å². The van der Waals surface area contributed by atoms with Crippen LogP contribution in [0.2, 0.25) is 0 Å². The predicted molar refractivity (Wildman–Crippen MR) is 96.9 cm³/mol. The van der Waals surface area contributed by atoms with E-state index in [2.05, 4.69) is 0 Å². The Kier molecular flexibility index (Phi) is 5.77. The van der Waals surface area contributed by atoms with E-state index in [-0.39, 0.29) is 17.4 Å². The number of Topliss-reactive ketones (excluding diaryl/α,β-unsaturated/α-hetero) is 1. The van der Waals surface area contributed by atoms with Crippen molar-refractivity contribution in [2.45, 2.75) is 12.8 Å². The van der Waals surface area contributed by atoms with E-state index >= 15 is 0 Å². The number of likely N-dealkylation sites (tertiary alicyclic amines) is 1. The smallest absolute Gasteiger partial charge is 0.326 e. The van der Waals surface area contributed by atoms with Crippen molar-refractivity contribution in [2.24, 2.45) is 11.8 Å². The van der Waals surface area contributed by atoms with Gasteiger partial charge in [0.2, 0.25) is 11.8 Å². The van der Waals surface area contributed by atoms with Crippen molar-refractivity contribution in [1.29, 1.82) is 0 Å². The van der Waals surface area contributed by atoms with E-state index in [0.29, 0.717) is 24.3 Å². The number of hydrogen-bond acceptors (Lipinski definition) is 7. The van der Waals surface area contributed by atoms with Crippen LogP contribution in [-0.2, 0) is 19.1 Å². The van der Waals surface area contributed by atoms with Crippen LogP contribution >= 0.6 is 0 Å². The quantitative estimate of drug-likeness (QED) is 0.302. The highest BCUT2D eigenvalue weighted by molar-refractivity contribution is 6.07. The Labute approximate surface area is 162 Å². The molecule has 0 aromatic heterocycles. The number of ketones is 1. The Hall–Kier alpha value is -3.16. The fraction of sp³-hybridized carbons (Fsp3) is 0.400. The third-order valence-electron chi connectivity index (χ3n) is 4.96.